The molecule has 4 rings (SSSR count). The average Bonchev–Trinajstić information content (AvgIpc) is 2.84. The lowest BCUT2D eigenvalue weighted by Gasteiger charge is -2.25. The van der Waals surface area contributed by atoms with Gasteiger partial charge in [0.2, 0.25) is 0 Å². The van der Waals surface area contributed by atoms with Crippen LogP contribution < -0.4 is 15.9 Å². The molecule has 4 aromatic carbocycles. The fraction of sp³-hybridized carbons (Fsp3) is 0. The second kappa shape index (κ2) is 9.33. The topological polar surface area (TPSA) is 67.9 Å². The summed E-state index contributed by atoms with van der Waals surface area (Å²) in [5.41, 5.74) is 0.801. The minimum Gasteiger partial charge on any atom is -0.258 e. The molecule has 6 heteroatoms. The molecular weight excluding hydrogens is 405 g/mol. The molecule has 0 heterocycles. The zero-order valence-electron chi connectivity index (χ0n) is 16.7. The van der Waals surface area contributed by atoms with Crippen LogP contribution in [0.25, 0.3) is 0 Å². The van der Waals surface area contributed by atoms with E-state index in [9.17, 15) is 10.1 Å². The van der Waals surface area contributed by atoms with Crippen molar-refractivity contribution in [1.82, 2.24) is 0 Å². The zero-order valence-corrected chi connectivity index (χ0v) is 17.5. The third-order valence-electron chi connectivity index (χ3n) is 4.89. The monoisotopic (exact) mass is 425 g/mol. The minimum absolute atomic E-state index is 0.0498. The Labute approximate surface area is 180 Å². The van der Waals surface area contributed by atoms with Gasteiger partial charge in [0.25, 0.3) is 5.69 Å². The summed E-state index contributed by atoms with van der Waals surface area (Å²) in [6, 6.07) is 37.0. The smallest absolute Gasteiger partial charge is 0.258 e. The molecule has 0 N–H and O–H groups in total. The van der Waals surface area contributed by atoms with Gasteiger partial charge in [0.15, 0.2) is 0 Å². The van der Waals surface area contributed by atoms with Crippen molar-refractivity contribution in [3.63, 3.8) is 0 Å². The maximum absolute atomic E-state index is 10.9. The number of nitro groups is 1. The van der Waals surface area contributed by atoms with Crippen LogP contribution in [0.2, 0.25) is 0 Å². The van der Waals surface area contributed by atoms with E-state index in [0.29, 0.717) is 0 Å². The molecule has 0 amide bonds. The Bertz CT molecular complexity index is 1140. The summed E-state index contributed by atoms with van der Waals surface area (Å²) in [5, 5.41) is 18.7. The molecule has 0 saturated carbocycles. The van der Waals surface area contributed by atoms with Crippen LogP contribution in [0.15, 0.2) is 125 Å². The second-order valence-electron chi connectivity index (χ2n) is 6.82. The van der Waals surface area contributed by atoms with Gasteiger partial charge in [0, 0.05) is 28.0 Å². The van der Waals surface area contributed by atoms with Crippen LogP contribution in [0, 0.1) is 10.1 Å². The number of non-ortho nitro benzene ring substituents is 1. The van der Waals surface area contributed by atoms with Gasteiger partial charge in [-0.2, -0.15) is 9.96 Å². The van der Waals surface area contributed by atoms with E-state index >= 15 is 0 Å². The van der Waals surface area contributed by atoms with Gasteiger partial charge in [-0.05, 0) is 17.7 Å². The second-order valence-corrected chi connectivity index (χ2v) is 9.82. The lowest BCUT2D eigenvalue weighted by molar-refractivity contribution is -0.384. The van der Waals surface area contributed by atoms with Crippen molar-refractivity contribution in [2.24, 2.45) is 9.96 Å². The zero-order chi connectivity index (χ0) is 21.5. The fourth-order valence-corrected chi connectivity index (χ4v) is 6.61. The highest BCUT2D eigenvalue weighted by Crippen LogP contribution is 2.46. The fourth-order valence-electron chi connectivity index (χ4n) is 3.39. The first-order valence-electron chi connectivity index (χ1n) is 9.76. The predicted molar refractivity (Wildman–Crippen MR) is 128 cm³/mol. The third kappa shape index (κ3) is 4.37. The van der Waals surface area contributed by atoms with E-state index in [2.05, 4.69) is 41.5 Å². The Morgan fingerprint density at radius 1 is 0.645 bits per heavy atom. The van der Waals surface area contributed by atoms with Crippen molar-refractivity contribution in [2.75, 3.05) is 0 Å². The van der Waals surface area contributed by atoms with Crippen LogP contribution in [0.4, 0.5) is 5.69 Å². The summed E-state index contributed by atoms with van der Waals surface area (Å²) < 4.78 is 0. The van der Waals surface area contributed by atoms with Crippen LogP contribution in [-0.4, -0.2) is 11.1 Å². The molecule has 4 aromatic rings. The normalized spacial score (nSPS) is 11.4. The Balaban J connectivity index is 1.90. The van der Waals surface area contributed by atoms with E-state index in [1.807, 2.05) is 54.6 Å². The molecule has 0 aliphatic carbocycles. The first-order chi connectivity index (χ1) is 15.2. The lowest BCUT2D eigenvalue weighted by atomic mass is 10.2. The van der Waals surface area contributed by atoms with E-state index in [0.717, 1.165) is 21.5 Å². The van der Waals surface area contributed by atoms with Crippen LogP contribution in [0.5, 0.6) is 0 Å². The van der Waals surface area contributed by atoms with Crippen molar-refractivity contribution < 1.29 is 4.92 Å². The largest absolute Gasteiger partial charge is 0.269 e. The van der Waals surface area contributed by atoms with E-state index < -0.39 is 12.0 Å². The highest BCUT2D eigenvalue weighted by molar-refractivity contribution is 7.87. The molecule has 0 bridgehead atoms. The summed E-state index contributed by atoms with van der Waals surface area (Å²) in [5.74, 6) is 0. The van der Waals surface area contributed by atoms with Crippen molar-refractivity contribution in [3.05, 3.63) is 131 Å². The average molecular weight is 425 g/mol. The molecule has 5 nitrogen and oxygen atoms in total. The predicted octanol–water partition coefficient (Wildman–Crippen LogP) is 5.11. The maximum Gasteiger partial charge on any atom is 0.269 e. The standard InChI is InChI=1S/C25H20N3O2P/c29-28(30)22-18-16-21(17-19-22)20-26-27-31(23-10-4-1-5-11-23,24-12-6-2-7-13-24)25-14-8-3-9-15-25/h1-20H. The summed E-state index contributed by atoms with van der Waals surface area (Å²) in [4.78, 5) is 15.4. The number of hydrogen-bond acceptors (Lipinski definition) is 3. The number of hydrogen-bond donors (Lipinski definition) is 0. The molecular formula is C25H20N3O2P. The van der Waals surface area contributed by atoms with Gasteiger partial charge in [0.1, 0.15) is 0 Å². The molecule has 0 atom stereocenters. The minimum atomic E-state index is -2.40. The molecule has 31 heavy (non-hydrogen) atoms. The SMILES string of the molecule is O=[N+]([O-])c1ccc(C=NN=P(c2ccccc2)(c2ccccc2)c2ccccc2)cc1. The van der Waals surface area contributed by atoms with Crippen LogP contribution in [0.1, 0.15) is 5.56 Å². The molecule has 152 valence electrons. The lowest BCUT2D eigenvalue weighted by Crippen LogP contribution is -2.25. The van der Waals surface area contributed by atoms with Gasteiger partial charge in [-0.1, -0.05) is 91.0 Å². The van der Waals surface area contributed by atoms with Crippen molar-refractivity contribution >= 4 is 34.9 Å². The van der Waals surface area contributed by atoms with Gasteiger partial charge >= 0.3 is 0 Å². The summed E-state index contributed by atoms with van der Waals surface area (Å²) >= 11 is 0. The van der Waals surface area contributed by atoms with Crippen LogP contribution >= 0.6 is 7.05 Å². The van der Waals surface area contributed by atoms with Crippen molar-refractivity contribution in [3.8, 4) is 0 Å². The summed E-state index contributed by atoms with van der Waals surface area (Å²) in [6.07, 6.45) is 1.65. The molecule has 0 aromatic heterocycles. The van der Waals surface area contributed by atoms with E-state index in [1.54, 1.807) is 18.3 Å². The summed E-state index contributed by atoms with van der Waals surface area (Å²) in [6.45, 7) is 0. The third-order valence-corrected chi connectivity index (χ3v) is 8.39. The first-order valence-corrected chi connectivity index (χ1v) is 11.5. The van der Waals surface area contributed by atoms with Crippen molar-refractivity contribution in [2.45, 2.75) is 0 Å². The van der Waals surface area contributed by atoms with Crippen LogP contribution in [-0.2, 0) is 0 Å². The number of nitrogens with zero attached hydrogens (tertiary/aromatic N) is 3. The Kier molecular flexibility index (Phi) is 6.16. The van der Waals surface area contributed by atoms with E-state index in [1.165, 1.54) is 12.1 Å². The van der Waals surface area contributed by atoms with E-state index in [-0.39, 0.29) is 5.69 Å². The maximum atomic E-state index is 10.9. The number of benzene rings is 4. The molecule has 0 saturated heterocycles. The quantitative estimate of drug-likeness (QED) is 0.187. The highest BCUT2D eigenvalue weighted by atomic mass is 31.2. The number of nitro benzene ring substituents is 1. The van der Waals surface area contributed by atoms with Gasteiger partial charge in [-0.15, -0.1) is 0 Å². The Hall–Kier alpha value is -3.82. The molecule has 0 radical (unpaired) electrons. The first kappa shape index (κ1) is 20.5. The van der Waals surface area contributed by atoms with Gasteiger partial charge in [-0.3, -0.25) is 10.1 Å². The Morgan fingerprint density at radius 2 is 1.06 bits per heavy atom. The molecule has 0 aliphatic heterocycles. The van der Waals surface area contributed by atoms with Crippen molar-refractivity contribution in [1.29, 1.82) is 0 Å². The van der Waals surface area contributed by atoms with Crippen LogP contribution in [0.3, 0.4) is 0 Å². The van der Waals surface area contributed by atoms with Gasteiger partial charge < -0.3 is 0 Å². The molecule has 0 aliphatic rings. The molecule has 0 spiro atoms. The van der Waals surface area contributed by atoms with Gasteiger partial charge in [-0.25, -0.2) is 0 Å². The number of rotatable bonds is 6. The highest BCUT2D eigenvalue weighted by Gasteiger charge is 2.27. The van der Waals surface area contributed by atoms with Gasteiger partial charge in [0.05, 0.1) is 18.2 Å². The summed E-state index contributed by atoms with van der Waals surface area (Å²) in [7, 11) is -2.40. The molecule has 0 unspecified atom stereocenters. The van der Waals surface area contributed by atoms with E-state index in [4.69, 9.17) is 4.85 Å². The Morgan fingerprint density at radius 3 is 1.45 bits per heavy atom. The molecule has 0 fully saturated rings.